The van der Waals surface area contributed by atoms with Crippen molar-refractivity contribution in [2.45, 2.75) is 45.6 Å². The molecule has 1 unspecified atom stereocenters. The second-order valence-electron chi connectivity index (χ2n) is 7.22. The number of carbonyl (C=O) groups is 1. The fourth-order valence-corrected chi connectivity index (χ4v) is 3.19. The van der Waals surface area contributed by atoms with Gasteiger partial charge in [-0.15, -0.1) is 0 Å². The van der Waals surface area contributed by atoms with E-state index >= 15 is 0 Å². The van der Waals surface area contributed by atoms with Crippen LogP contribution in [0.15, 0.2) is 24.3 Å². The van der Waals surface area contributed by atoms with E-state index in [2.05, 4.69) is 10.4 Å². The van der Waals surface area contributed by atoms with Gasteiger partial charge in [0.15, 0.2) is 5.69 Å². The molecule has 2 aromatic rings. The molecular weight excluding hydrogens is 319 g/mol. The molecular formula is C19H25FN4O. The van der Waals surface area contributed by atoms with Gasteiger partial charge in [0.2, 0.25) is 0 Å². The van der Waals surface area contributed by atoms with E-state index in [0.29, 0.717) is 17.9 Å². The standard InChI is InChI=1S/C19H25FN4O/c1-12(2)19(3,11-21)22-18(25)17-13-7-6-10-15(13)24(23-17)16-9-5-4-8-14(16)20/h4-5,8-9,12H,6-7,10-11,21H2,1-3H3,(H,22,25). The van der Waals surface area contributed by atoms with Gasteiger partial charge < -0.3 is 11.1 Å². The molecule has 0 spiro atoms. The molecule has 0 saturated carbocycles. The predicted molar refractivity (Wildman–Crippen MR) is 95.3 cm³/mol. The third-order valence-corrected chi connectivity index (χ3v) is 5.32. The lowest BCUT2D eigenvalue weighted by Gasteiger charge is -2.33. The number of carbonyl (C=O) groups excluding carboxylic acids is 1. The summed E-state index contributed by atoms with van der Waals surface area (Å²) in [6.07, 6.45) is 2.52. The largest absolute Gasteiger partial charge is 0.344 e. The van der Waals surface area contributed by atoms with Crippen LogP contribution in [0.3, 0.4) is 0 Å². The first kappa shape index (κ1) is 17.6. The number of para-hydroxylation sites is 1. The van der Waals surface area contributed by atoms with Crippen molar-refractivity contribution in [2.24, 2.45) is 11.7 Å². The number of aromatic nitrogens is 2. The van der Waals surface area contributed by atoms with Crippen molar-refractivity contribution in [3.05, 3.63) is 47.0 Å². The van der Waals surface area contributed by atoms with Crippen molar-refractivity contribution in [1.82, 2.24) is 15.1 Å². The first-order valence-corrected chi connectivity index (χ1v) is 8.75. The lowest BCUT2D eigenvalue weighted by Crippen LogP contribution is -2.55. The lowest BCUT2D eigenvalue weighted by molar-refractivity contribution is 0.0876. The highest BCUT2D eigenvalue weighted by Crippen LogP contribution is 2.29. The molecule has 0 fully saturated rings. The van der Waals surface area contributed by atoms with Gasteiger partial charge in [0, 0.05) is 17.8 Å². The third-order valence-electron chi connectivity index (χ3n) is 5.32. The van der Waals surface area contributed by atoms with Gasteiger partial charge in [0.1, 0.15) is 11.5 Å². The highest BCUT2D eigenvalue weighted by molar-refractivity contribution is 5.94. The average Bonchev–Trinajstić information content (AvgIpc) is 3.17. The molecule has 0 saturated heterocycles. The molecule has 0 radical (unpaired) electrons. The topological polar surface area (TPSA) is 72.9 Å². The molecule has 0 aliphatic heterocycles. The minimum atomic E-state index is -0.510. The van der Waals surface area contributed by atoms with Crippen molar-refractivity contribution >= 4 is 5.91 Å². The molecule has 1 heterocycles. The van der Waals surface area contributed by atoms with Crippen LogP contribution in [0.2, 0.25) is 0 Å². The Morgan fingerprint density at radius 2 is 2.12 bits per heavy atom. The molecule has 25 heavy (non-hydrogen) atoms. The number of hydrogen-bond acceptors (Lipinski definition) is 3. The molecule has 1 amide bonds. The van der Waals surface area contributed by atoms with Crippen LogP contribution in [-0.4, -0.2) is 27.8 Å². The summed E-state index contributed by atoms with van der Waals surface area (Å²) in [6.45, 7) is 6.32. The number of nitrogens with one attached hydrogen (secondary N) is 1. The molecule has 3 N–H and O–H groups in total. The molecule has 134 valence electrons. The Hall–Kier alpha value is -2.21. The first-order chi connectivity index (χ1) is 11.9. The van der Waals surface area contributed by atoms with Crippen molar-refractivity contribution in [3.63, 3.8) is 0 Å². The van der Waals surface area contributed by atoms with Crippen molar-refractivity contribution in [3.8, 4) is 5.69 Å². The van der Waals surface area contributed by atoms with Crippen LogP contribution in [0.4, 0.5) is 4.39 Å². The fraction of sp³-hybridized carbons (Fsp3) is 0.474. The van der Waals surface area contributed by atoms with E-state index < -0.39 is 5.54 Å². The molecule has 0 bridgehead atoms. The minimum Gasteiger partial charge on any atom is -0.344 e. The maximum Gasteiger partial charge on any atom is 0.272 e. The van der Waals surface area contributed by atoms with Crippen LogP contribution < -0.4 is 11.1 Å². The number of halogens is 1. The number of nitrogens with two attached hydrogens (primary N) is 1. The van der Waals surface area contributed by atoms with E-state index in [0.717, 1.165) is 30.5 Å². The number of rotatable bonds is 5. The minimum absolute atomic E-state index is 0.183. The van der Waals surface area contributed by atoms with Gasteiger partial charge >= 0.3 is 0 Å². The number of nitrogens with zero attached hydrogens (tertiary/aromatic N) is 2. The van der Waals surface area contributed by atoms with Crippen molar-refractivity contribution in [1.29, 1.82) is 0 Å². The predicted octanol–water partition coefficient (Wildman–Crippen LogP) is 2.60. The van der Waals surface area contributed by atoms with Gasteiger partial charge in [-0.3, -0.25) is 4.79 Å². The molecule has 6 heteroatoms. The number of amides is 1. The van der Waals surface area contributed by atoms with Crippen molar-refractivity contribution < 1.29 is 9.18 Å². The SMILES string of the molecule is CC(C)C(C)(CN)NC(=O)c1nn(-c2ccccc2F)c2c1CCC2. The number of benzene rings is 1. The highest BCUT2D eigenvalue weighted by Gasteiger charge is 2.33. The second kappa shape index (κ2) is 6.59. The van der Waals surface area contributed by atoms with E-state index in [1.165, 1.54) is 6.07 Å². The maximum absolute atomic E-state index is 14.2. The van der Waals surface area contributed by atoms with Crippen LogP contribution in [0.25, 0.3) is 5.69 Å². The Morgan fingerprint density at radius 3 is 2.76 bits per heavy atom. The Labute approximate surface area is 147 Å². The summed E-state index contributed by atoms with van der Waals surface area (Å²) in [6, 6.07) is 6.50. The fourth-order valence-electron chi connectivity index (χ4n) is 3.19. The summed E-state index contributed by atoms with van der Waals surface area (Å²) in [5.74, 6) is -0.404. The smallest absolute Gasteiger partial charge is 0.272 e. The summed E-state index contributed by atoms with van der Waals surface area (Å²) < 4.78 is 15.8. The Bertz CT molecular complexity index is 799. The number of hydrogen-bond donors (Lipinski definition) is 2. The van der Waals surface area contributed by atoms with Gasteiger partial charge in [-0.2, -0.15) is 5.10 Å². The van der Waals surface area contributed by atoms with E-state index in [9.17, 15) is 9.18 Å². The molecule has 1 aliphatic carbocycles. The lowest BCUT2D eigenvalue weighted by atomic mass is 9.88. The van der Waals surface area contributed by atoms with E-state index in [1.54, 1.807) is 22.9 Å². The van der Waals surface area contributed by atoms with E-state index in [1.807, 2.05) is 20.8 Å². The number of fused-ring (bicyclic) bond motifs is 1. The summed E-state index contributed by atoms with van der Waals surface area (Å²) >= 11 is 0. The van der Waals surface area contributed by atoms with Gasteiger partial charge in [0.05, 0.1) is 5.54 Å². The highest BCUT2D eigenvalue weighted by atomic mass is 19.1. The zero-order chi connectivity index (χ0) is 18.2. The zero-order valence-electron chi connectivity index (χ0n) is 15.0. The third kappa shape index (κ3) is 3.06. The van der Waals surface area contributed by atoms with Crippen molar-refractivity contribution in [2.75, 3.05) is 6.54 Å². The van der Waals surface area contributed by atoms with Gasteiger partial charge in [-0.1, -0.05) is 26.0 Å². The van der Waals surface area contributed by atoms with Gasteiger partial charge in [-0.25, -0.2) is 9.07 Å². The normalized spacial score (nSPS) is 15.9. The Balaban J connectivity index is 2.00. The molecule has 3 rings (SSSR count). The molecule has 1 aromatic heterocycles. The van der Waals surface area contributed by atoms with E-state index in [4.69, 9.17) is 5.73 Å². The van der Waals surface area contributed by atoms with Crippen LogP contribution in [0, 0.1) is 11.7 Å². The van der Waals surface area contributed by atoms with Crippen LogP contribution >= 0.6 is 0 Å². The average molecular weight is 344 g/mol. The molecule has 1 aliphatic rings. The first-order valence-electron chi connectivity index (χ1n) is 8.75. The quantitative estimate of drug-likeness (QED) is 0.876. The molecule has 1 aromatic carbocycles. The van der Waals surface area contributed by atoms with Crippen LogP contribution in [0.5, 0.6) is 0 Å². The van der Waals surface area contributed by atoms with Crippen LogP contribution in [-0.2, 0) is 12.8 Å². The summed E-state index contributed by atoms with van der Waals surface area (Å²) in [4.78, 5) is 12.9. The summed E-state index contributed by atoms with van der Waals surface area (Å²) in [7, 11) is 0. The second-order valence-corrected chi connectivity index (χ2v) is 7.22. The summed E-state index contributed by atoms with van der Waals surface area (Å²) in [5, 5.41) is 7.50. The maximum atomic E-state index is 14.2. The van der Waals surface area contributed by atoms with Crippen LogP contribution in [0.1, 0.15) is 48.9 Å². The molecule has 5 nitrogen and oxygen atoms in total. The Morgan fingerprint density at radius 1 is 1.40 bits per heavy atom. The Kier molecular flexibility index (Phi) is 4.64. The zero-order valence-corrected chi connectivity index (χ0v) is 15.0. The summed E-state index contributed by atoms with van der Waals surface area (Å²) in [5.41, 5.74) is 7.97. The van der Waals surface area contributed by atoms with E-state index in [-0.39, 0.29) is 17.6 Å². The van der Waals surface area contributed by atoms with Gasteiger partial charge in [-0.05, 0) is 44.2 Å². The van der Waals surface area contributed by atoms with Gasteiger partial charge in [0.25, 0.3) is 5.91 Å². The molecule has 1 atom stereocenters. The monoisotopic (exact) mass is 344 g/mol.